The van der Waals surface area contributed by atoms with Crippen LogP contribution in [-0.4, -0.2) is 50.6 Å². The number of ether oxygens (including phenoxy) is 2. The molecule has 0 bridgehead atoms. The Morgan fingerprint density at radius 2 is 2.00 bits per heavy atom. The Labute approximate surface area is 203 Å². The Kier molecular flexibility index (Phi) is 6.09. The summed E-state index contributed by atoms with van der Waals surface area (Å²) in [4.78, 5) is 29.2. The minimum atomic E-state index is -1.08. The maximum Gasteiger partial charge on any atom is 0.351 e. The van der Waals surface area contributed by atoms with Crippen molar-refractivity contribution in [2.45, 2.75) is 36.6 Å². The lowest BCUT2D eigenvalue weighted by Crippen LogP contribution is -2.37. The molecule has 176 valence electrons. The number of amides is 1. The summed E-state index contributed by atoms with van der Waals surface area (Å²) in [6, 6.07) is 17.6. The van der Waals surface area contributed by atoms with E-state index in [1.54, 1.807) is 30.3 Å². The molecule has 0 radical (unpaired) electrons. The SMILES string of the molecule is O=C(Nc1ccn([C@@H]2C[C@@]3(c4cccc(Br)c4)O[C@H](CO)[C@@H](O)[C@H]3O2)c(=O)n1)c1ccccc1. The number of rotatable bonds is 5. The normalized spacial score (nSPS) is 28.0. The van der Waals surface area contributed by atoms with Crippen LogP contribution >= 0.6 is 15.9 Å². The van der Waals surface area contributed by atoms with Gasteiger partial charge in [-0.15, -0.1) is 0 Å². The zero-order chi connectivity index (χ0) is 23.9. The van der Waals surface area contributed by atoms with Gasteiger partial charge >= 0.3 is 5.69 Å². The van der Waals surface area contributed by atoms with E-state index in [0.29, 0.717) is 5.56 Å². The molecule has 5 atom stereocenters. The number of carbonyl (C=O) groups is 1. The average molecular weight is 528 g/mol. The molecule has 0 unspecified atom stereocenters. The molecule has 1 aromatic heterocycles. The summed E-state index contributed by atoms with van der Waals surface area (Å²) >= 11 is 3.46. The third-order valence-electron chi connectivity index (χ3n) is 6.20. The fourth-order valence-electron chi connectivity index (χ4n) is 4.60. The highest BCUT2D eigenvalue weighted by molar-refractivity contribution is 9.10. The van der Waals surface area contributed by atoms with E-state index >= 15 is 0 Å². The van der Waals surface area contributed by atoms with Crippen molar-refractivity contribution in [3.8, 4) is 0 Å². The van der Waals surface area contributed by atoms with Crippen molar-refractivity contribution in [1.82, 2.24) is 9.55 Å². The summed E-state index contributed by atoms with van der Waals surface area (Å²) in [6.45, 7) is -0.362. The quantitative estimate of drug-likeness (QED) is 0.464. The number of hydrogen-bond donors (Lipinski definition) is 3. The second-order valence-corrected chi connectivity index (χ2v) is 9.18. The molecule has 2 aromatic carbocycles. The average Bonchev–Trinajstić information content (AvgIpc) is 3.34. The lowest BCUT2D eigenvalue weighted by molar-refractivity contribution is -0.0810. The van der Waals surface area contributed by atoms with Crippen LogP contribution in [0.5, 0.6) is 0 Å². The third kappa shape index (κ3) is 3.97. The molecule has 10 heteroatoms. The summed E-state index contributed by atoms with van der Waals surface area (Å²) in [6.07, 6.45) is -1.74. The van der Waals surface area contributed by atoms with Gasteiger partial charge < -0.3 is 25.0 Å². The van der Waals surface area contributed by atoms with Gasteiger partial charge in [0.15, 0.2) is 0 Å². The van der Waals surface area contributed by atoms with Gasteiger partial charge in [-0.25, -0.2) is 4.79 Å². The molecule has 3 N–H and O–H groups in total. The third-order valence-corrected chi connectivity index (χ3v) is 6.70. The van der Waals surface area contributed by atoms with Crippen LogP contribution in [0.15, 0.2) is 76.1 Å². The highest BCUT2D eigenvalue weighted by atomic mass is 79.9. The minimum Gasteiger partial charge on any atom is -0.394 e. The van der Waals surface area contributed by atoms with Gasteiger partial charge in [-0.3, -0.25) is 9.36 Å². The lowest BCUT2D eigenvalue weighted by atomic mass is 9.86. The van der Waals surface area contributed by atoms with Gasteiger partial charge in [0, 0.05) is 22.7 Å². The Bertz CT molecular complexity index is 1270. The van der Waals surface area contributed by atoms with E-state index in [2.05, 4.69) is 26.2 Å². The minimum absolute atomic E-state index is 0.117. The van der Waals surface area contributed by atoms with Crippen molar-refractivity contribution in [1.29, 1.82) is 0 Å². The maximum absolute atomic E-state index is 12.8. The number of fused-ring (bicyclic) bond motifs is 1. The molecule has 3 heterocycles. The first-order valence-electron chi connectivity index (χ1n) is 10.7. The van der Waals surface area contributed by atoms with E-state index in [1.807, 2.05) is 24.3 Å². The predicted molar refractivity (Wildman–Crippen MR) is 125 cm³/mol. The molecule has 34 heavy (non-hydrogen) atoms. The highest BCUT2D eigenvalue weighted by Gasteiger charge is 2.62. The zero-order valence-electron chi connectivity index (χ0n) is 17.9. The maximum atomic E-state index is 12.8. The van der Waals surface area contributed by atoms with Crippen LogP contribution in [0.3, 0.4) is 0 Å². The predicted octanol–water partition coefficient (Wildman–Crippen LogP) is 2.19. The Balaban J connectivity index is 1.42. The monoisotopic (exact) mass is 527 g/mol. The summed E-state index contributed by atoms with van der Waals surface area (Å²) < 4.78 is 14.4. The first kappa shape index (κ1) is 22.9. The fourth-order valence-corrected chi connectivity index (χ4v) is 5.00. The van der Waals surface area contributed by atoms with Gasteiger partial charge in [-0.2, -0.15) is 4.98 Å². The highest BCUT2D eigenvalue weighted by Crippen LogP contribution is 2.53. The van der Waals surface area contributed by atoms with E-state index in [0.717, 1.165) is 10.0 Å². The van der Waals surface area contributed by atoms with Crippen LogP contribution < -0.4 is 11.0 Å². The number of carbonyl (C=O) groups excluding carboxylic acids is 1. The van der Waals surface area contributed by atoms with Crippen LogP contribution in [-0.2, 0) is 15.1 Å². The number of nitrogens with zero attached hydrogens (tertiary/aromatic N) is 2. The Morgan fingerprint density at radius 3 is 2.71 bits per heavy atom. The van der Waals surface area contributed by atoms with Crippen LogP contribution in [0.2, 0.25) is 0 Å². The molecular weight excluding hydrogens is 506 g/mol. The van der Waals surface area contributed by atoms with Crippen molar-refractivity contribution in [2.24, 2.45) is 0 Å². The van der Waals surface area contributed by atoms with Crippen molar-refractivity contribution in [3.63, 3.8) is 0 Å². The van der Waals surface area contributed by atoms with E-state index in [4.69, 9.17) is 9.47 Å². The van der Waals surface area contributed by atoms with Crippen LogP contribution in [0.1, 0.15) is 28.6 Å². The Hall–Kier alpha value is -2.89. The van der Waals surface area contributed by atoms with Gasteiger partial charge in [0.25, 0.3) is 5.91 Å². The standard InChI is InChI=1S/C24H22BrN3O6/c25-16-8-4-7-15(11-16)24-12-19(33-21(24)20(30)17(13-29)34-24)28-10-9-18(27-23(28)32)26-22(31)14-5-2-1-3-6-14/h1-11,17,19-21,29-30H,12-13H2,(H,26,27,31,32)/t17-,19+,20-,21-,24+/m1/s1. The van der Waals surface area contributed by atoms with Gasteiger partial charge in [-0.05, 0) is 35.9 Å². The molecule has 0 saturated carbocycles. The summed E-state index contributed by atoms with van der Waals surface area (Å²) in [5.74, 6) is -0.260. The van der Waals surface area contributed by atoms with Gasteiger partial charge in [0.05, 0.1) is 6.61 Å². The van der Waals surface area contributed by atoms with Crippen LogP contribution in [0.4, 0.5) is 5.82 Å². The molecule has 5 rings (SSSR count). The van der Waals surface area contributed by atoms with Crippen molar-refractivity contribution in [2.75, 3.05) is 11.9 Å². The molecule has 3 aromatic rings. The van der Waals surface area contributed by atoms with Gasteiger partial charge in [-0.1, -0.05) is 46.3 Å². The number of aliphatic hydroxyl groups excluding tert-OH is 2. The van der Waals surface area contributed by atoms with Gasteiger partial charge in [0.1, 0.15) is 36.0 Å². The molecule has 2 aliphatic heterocycles. The number of anilines is 1. The van der Waals surface area contributed by atoms with E-state index in [1.165, 1.54) is 16.8 Å². The largest absolute Gasteiger partial charge is 0.394 e. The lowest BCUT2D eigenvalue weighted by Gasteiger charge is -2.28. The molecular formula is C24H22BrN3O6. The summed E-state index contributed by atoms with van der Waals surface area (Å²) in [5.41, 5.74) is -0.465. The second-order valence-electron chi connectivity index (χ2n) is 8.27. The molecule has 1 amide bonds. The second kappa shape index (κ2) is 9.05. The topological polar surface area (TPSA) is 123 Å². The number of benzene rings is 2. The fraction of sp³-hybridized carbons (Fsp3) is 0.292. The molecule has 0 aliphatic carbocycles. The van der Waals surface area contributed by atoms with Crippen LogP contribution in [0, 0.1) is 0 Å². The summed E-state index contributed by atoms with van der Waals surface area (Å²) in [5, 5.41) is 23.1. The number of hydrogen-bond acceptors (Lipinski definition) is 7. The van der Waals surface area contributed by atoms with Crippen LogP contribution in [0.25, 0.3) is 0 Å². The first-order chi connectivity index (χ1) is 16.4. The van der Waals surface area contributed by atoms with E-state index in [9.17, 15) is 19.8 Å². The summed E-state index contributed by atoms with van der Waals surface area (Å²) in [7, 11) is 0. The van der Waals surface area contributed by atoms with Crippen molar-refractivity contribution >= 4 is 27.7 Å². The van der Waals surface area contributed by atoms with Gasteiger partial charge in [0.2, 0.25) is 0 Å². The number of halogens is 1. The number of nitrogens with one attached hydrogen (secondary N) is 1. The number of aliphatic hydroxyl groups is 2. The Morgan fingerprint density at radius 1 is 1.21 bits per heavy atom. The zero-order valence-corrected chi connectivity index (χ0v) is 19.5. The molecule has 2 fully saturated rings. The molecule has 2 aliphatic rings. The smallest absolute Gasteiger partial charge is 0.351 e. The van der Waals surface area contributed by atoms with E-state index in [-0.39, 0.29) is 24.8 Å². The van der Waals surface area contributed by atoms with Crippen molar-refractivity contribution < 1.29 is 24.5 Å². The molecule has 9 nitrogen and oxygen atoms in total. The van der Waals surface area contributed by atoms with Crippen molar-refractivity contribution in [3.05, 3.63) is 92.9 Å². The molecule has 0 spiro atoms. The number of aromatic nitrogens is 2. The van der Waals surface area contributed by atoms with E-state index < -0.39 is 35.8 Å². The molecule has 2 saturated heterocycles. The first-order valence-corrected chi connectivity index (χ1v) is 11.5.